The Morgan fingerprint density at radius 1 is 1.55 bits per heavy atom. The van der Waals surface area contributed by atoms with Crippen LogP contribution < -0.4 is 16.6 Å². The number of anilines is 1. The van der Waals surface area contributed by atoms with Gasteiger partial charge in [0.1, 0.15) is 5.69 Å². The van der Waals surface area contributed by atoms with Crippen LogP contribution >= 0.6 is 0 Å². The van der Waals surface area contributed by atoms with Gasteiger partial charge in [-0.1, -0.05) is 6.07 Å². The lowest BCUT2D eigenvalue weighted by atomic mass is 10.0. The van der Waals surface area contributed by atoms with Crippen LogP contribution in [0.1, 0.15) is 23.7 Å². The molecule has 0 saturated carbocycles. The fourth-order valence-electron chi connectivity index (χ4n) is 2.14. The number of nitro benzene ring substituents is 1. The third-order valence-electron chi connectivity index (χ3n) is 3.26. The van der Waals surface area contributed by atoms with Gasteiger partial charge in [0.05, 0.1) is 22.6 Å². The van der Waals surface area contributed by atoms with Crippen molar-refractivity contribution in [2.24, 2.45) is 5.84 Å². The number of hydrazine groups is 1. The Morgan fingerprint density at radius 3 is 2.85 bits per heavy atom. The number of hydrogen-bond acceptors (Lipinski definition) is 6. The number of nitrogens with one attached hydrogen (secondary N) is 2. The summed E-state index contributed by atoms with van der Waals surface area (Å²) in [4.78, 5) is 22.6. The highest BCUT2D eigenvalue weighted by Gasteiger charge is 2.32. The first-order valence-electron chi connectivity index (χ1n) is 6.11. The molecule has 1 heterocycles. The van der Waals surface area contributed by atoms with E-state index in [0.29, 0.717) is 19.6 Å². The van der Waals surface area contributed by atoms with E-state index in [1.165, 1.54) is 18.2 Å². The molecule has 4 N–H and O–H groups in total. The summed E-state index contributed by atoms with van der Waals surface area (Å²) in [5, 5.41) is 13.8. The molecule has 0 aromatic heterocycles. The molecule has 1 saturated heterocycles. The van der Waals surface area contributed by atoms with Crippen LogP contribution in [-0.4, -0.2) is 29.6 Å². The van der Waals surface area contributed by atoms with Crippen molar-refractivity contribution in [3.8, 4) is 0 Å². The maximum absolute atomic E-state index is 12.3. The summed E-state index contributed by atoms with van der Waals surface area (Å²) in [5.74, 6) is 4.89. The van der Waals surface area contributed by atoms with Crippen LogP contribution in [0.3, 0.4) is 0 Å². The van der Waals surface area contributed by atoms with E-state index in [2.05, 4.69) is 10.7 Å². The molecular formula is C12H16N4O4. The predicted octanol–water partition coefficient (Wildman–Crippen LogP) is 0.789. The van der Waals surface area contributed by atoms with Gasteiger partial charge >= 0.3 is 0 Å². The Hall–Kier alpha value is -2.19. The van der Waals surface area contributed by atoms with E-state index in [0.717, 1.165) is 0 Å². The summed E-state index contributed by atoms with van der Waals surface area (Å²) in [6, 6.07) is 4.21. The number of amides is 1. The number of ether oxygens (including phenoxy) is 1. The molecule has 8 nitrogen and oxygen atoms in total. The van der Waals surface area contributed by atoms with Crippen LogP contribution in [0, 0.1) is 10.1 Å². The molecule has 1 unspecified atom stereocenters. The second kappa shape index (κ2) is 5.43. The van der Waals surface area contributed by atoms with Gasteiger partial charge in [-0.15, -0.1) is 0 Å². The average molecular weight is 280 g/mol. The molecule has 20 heavy (non-hydrogen) atoms. The van der Waals surface area contributed by atoms with Crippen molar-refractivity contribution < 1.29 is 14.5 Å². The molecule has 1 fully saturated rings. The fraction of sp³-hybridized carbons (Fsp3) is 0.417. The Labute approximate surface area is 115 Å². The summed E-state index contributed by atoms with van der Waals surface area (Å²) in [6.07, 6.45) is 0.694. The van der Waals surface area contributed by atoms with Gasteiger partial charge in [-0.3, -0.25) is 20.8 Å². The van der Waals surface area contributed by atoms with Crippen molar-refractivity contribution in [3.63, 3.8) is 0 Å². The standard InChI is InChI=1S/C12H16N4O4/c1-12(5-6-20-7-12)14-11(17)8-3-2-4-9(16(18)19)10(8)15-13/h2-4,15H,5-7,13H2,1H3,(H,14,17). The Morgan fingerprint density at radius 2 is 2.30 bits per heavy atom. The number of carbonyl (C=O) groups is 1. The van der Waals surface area contributed by atoms with Crippen molar-refractivity contribution in [2.45, 2.75) is 18.9 Å². The summed E-state index contributed by atoms with van der Waals surface area (Å²) in [5.41, 5.74) is 1.65. The van der Waals surface area contributed by atoms with Gasteiger partial charge in [-0.25, -0.2) is 0 Å². The topological polar surface area (TPSA) is 120 Å². The average Bonchev–Trinajstić information content (AvgIpc) is 2.83. The van der Waals surface area contributed by atoms with E-state index >= 15 is 0 Å². The van der Waals surface area contributed by atoms with Gasteiger partial charge < -0.3 is 15.5 Å². The SMILES string of the molecule is CC1(NC(=O)c2cccc([N+](=O)[O-])c2NN)CCOC1. The van der Waals surface area contributed by atoms with Gasteiger partial charge in [-0.05, 0) is 19.4 Å². The minimum atomic E-state index is -0.591. The molecule has 1 aliphatic heterocycles. The first-order valence-corrected chi connectivity index (χ1v) is 6.11. The van der Waals surface area contributed by atoms with Crippen LogP contribution in [0.25, 0.3) is 0 Å². The number of hydrogen-bond donors (Lipinski definition) is 3. The highest BCUT2D eigenvalue weighted by atomic mass is 16.6. The third-order valence-corrected chi connectivity index (χ3v) is 3.26. The molecule has 1 aromatic carbocycles. The van der Waals surface area contributed by atoms with E-state index in [9.17, 15) is 14.9 Å². The van der Waals surface area contributed by atoms with Crippen LogP contribution in [0.4, 0.5) is 11.4 Å². The molecular weight excluding hydrogens is 264 g/mol. The molecule has 1 aromatic rings. The summed E-state index contributed by atoms with van der Waals surface area (Å²) < 4.78 is 5.25. The Balaban J connectivity index is 2.30. The van der Waals surface area contributed by atoms with Gasteiger partial charge in [0.15, 0.2) is 0 Å². The quantitative estimate of drug-likeness (QED) is 0.426. The van der Waals surface area contributed by atoms with Gasteiger partial charge in [0.25, 0.3) is 11.6 Å². The summed E-state index contributed by atoms with van der Waals surface area (Å²) in [6.45, 7) is 2.86. The number of benzene rings is 1. The minimum Gasteiger partial charge on any atom is -0.379 e. The molecule has 1 atom stereocenters. The van der Waals surface area contributed by atoms with Crippen LogP contribution in [0.2, 0.25) is 0 Å². The largest absolute Gasteiger partial charge is 0.379 e. The maximum Gasteiger partial charge on any atom is 0.294 e. The summed E-state index contributed by atoms with van der Waals surface area (Å²) in [7, 11) is 0. The van der Waals surface area contributed by atoms with Crippen molar-refractivity contribution in [2.75, 3.05) is 18.6 Å². The zero-order chi connectivity index (χ0) is 14.8. The molecule has 8 heteroatoms. The summed E-state index contributed by atoms with van der Waals surface area (Å²) >= 11 is 0. The molecule has 2 rings (SSSR count). The van der Waals surface area contributed by atoms with Gasteiger partial charge in [0.2, 0.25) is 0 Å². The van der Waals surface area contributed by atoms with Crippen LogP contribution in [0.15, 0.2) is 18.2 Å². The molecule has 0 radical (unpaired) electrons. The van der Waals surface area contributed by atoms with E-state index in [4.69, 9.17) is 10.6 Å². The lowest BCUT2D eigenvalue weighted by Crippen LogP contribution is -2.46. The number of rotatable bonds is 4. The Kier molecular flexibility index (Phi) is 3.86. The van der Waals surface area contributed by atoms with Crippen LogP contribution in [-0.2, 0) is 4.74 Å². The molecule has 0 bridgehead atoms. The molecule has 1 aliphatic rings. The fourth-order valence-corrected chi connectivity index (χ4v) is 2.14. The Bertz CT molecular complexity index is 540. The van der Waals surface area contributed by atoms with E-state index in [-0.39, 0.29) is 16.9 Å². The molecule has 0 spiro atoms. The highest BCUT2D eigenvalue weighted by Crippen LogP contribution is 2.28. The van der Waals surface area contributed by atoms with Gasteiger partial charge in [-0.2, -0.15) is 0 Å². The van der Waals surface area contributed by atoms with Crippen molar-refractivity contribution in [1.82, 2.24) is 5.32 Å². The number of para-hydroxylation sites is 1. The number of nitrogens with two attached hydrogens (primary N) is 1. The van der Waals surface area contributed by atoms with Crippen molar-refractivity contribution >= 4 is 17.3 Å². The smallest absolute Gasteiger partial charge is 0.294 e. The zero-order valence-corrected chi connectivity index (χ0v) is 11.0. The molecule has 1 amide bonds. The molecule has 108 valence electrons. The zero-order valence-electron chi connectivity index (χ0n) is 11.0. The monoisotopic (exact) mass is 280 g/mol. The second-order valence-corrected chi connectivity index (χ2v) is 4.92. The number of carbonyl (C=O) groups excluding carboxylic acids is 1. The van der Waals surface area contributed by atoms with E-state index < -0.39 is 16.4 Å². The number of nitrogens with zero attached hydrogens (tertiary/aromatic N) is 1. The van der Waals surface area contributed by atoms with E-state index in [1.54, 1.807) is 0 Å². The van der Waals surface area contributed by atoms with Crippen LogP contribution in [0.5, 0.6) is 0 Å². The first-order chi connectivity index (χ1) is 9.47. The highest BCUT2D eigenvalue weighted by molar-refractivity contribution is 6.01. The third kappa shape index (κ3) is 2.70. The predicted molar refractivity (Wildman–Crippen MR) is 72.2 cm³/mol. The lowest BCUT2D eigenvalue weighted by molar-refractivity contribution is -0.384. The first kappa shape index (κ1) is 14.2. The minimum absolute atomic E-state index is 0.00230. The molecule has 0 aliphatic carbocycles. The van der Waals surface area contributed by atoms with Crippen molar-refractivity contribution in [1.29, 1.82) is 0 Å². The second-order valence-electron chi connectivity index (χ2n) is 4.92. The maximum atomic E-state index is 12.3. The number of nitro groups is 1. The lowest BCUT2D eigenvalue weighted by Gasteiger charge is -2.24. The van der Waals surface area contributed by atoms with E-state index in [1.807, 2.05) is 6.92 Å². The van der Waals surface area contributed by atoms with Crippen molar-refractivity contribution in [3.05, 3.63) is 33.9 Å². The van der Waals surface area contributed by atoms with Gasteiger partial charge in [0, 0.05) is 12.7 Å². The normalized spacial score (nSPS) is 21.5. The number of nitrogen functional groups attached to an aromatic ring is 1.